The maximum atomic E-state index is 14.2. The topological polar surface area (TPSA) is 168 Å². The Morgan fingerprint density at radius 1 is 0.830 bits per heavy atom. The summed E-state index contributed by atoms with van der Waals surface area (Å²) in [7, 11) is 4.46. The van der Waals surface area contributed by atoms with E-state index in [1.54, 1.807) is 21.1 Å². The number of esters is 1. The number of benzene rings is 4. The van der Waals surface area contributed by atoms with Crippen LogP contribution in [0.15, 0.2) is 72.8 Å². The minimum absolute atomic E-state index is 0.0305. The summed E-state index contributed by atoms with van der Waals surface area (Å²) in [6, 6.07) is 16.8. The lowest BCUT2D eigenvalue weighted by molar-refractivity contribution is -0.145. The molecule has 12 nitrogen and oxygen atoms in total. The molecule has 3 amide bonds. The highest BCUT2D eigenvalue weighted by Crippen LogP contribution is 2.48. The molecule has 1 aliphatic rings. The smallest absolute Gasteiger partial charge is 0.328 e. The molecule has 1 aliphatic heterocycles. The molecule has 4 aromatic rings. The predicted molar refractivity (Wildman–Crippen MR) is 205 cm³/mol. The molecular formula is C41H47N5O7. The summed E-state index contributed by atoms with van der Waals surface area (Å²) < 4.78 is 17.5. The van der Waals surface area contributed by atoms with Crippen molar-refractivity contribution in [3.63, 3.8) is 0 Å². The fourth-order valence-corrected chi connectivity index (χ4v) is 6.91. The first-order chi connectivity index (χ1) is 25.6. The summed E-state index contributed by atoms with van der Waals surface area (Å²) in [5, 5.41) is 22.7. The highest BCUT2D eigenvalue weighted by Gasteiger charge is 2.31. The van der Waals surface area contributed by atoms with E-state index in [0.717, 1.165) is 38.2 Å². The number of carbonyl (C=O) groups is 4. The second-order valence-corrected chi connectivity index (χ2v) is 13.0. The van der Waals surface area contributed by atoms with Crippen molar-refractivity contribution in [1.29, 1.82) is 5.41 Å². The minimum atomic E-state index is -1.10. The van der Waals surface area contributed by atoms with Gasteiger partial charge in [-0.2, -0.15) is 0 Å². The quantitative estimate of drug-likeness (QED) is 0.0572. The number of allylic oxidation sites excluding steroid dienone is 1. The Kier molecular flexibility index (Phi) is 12.7. The number of carbonyl (C=O) groups excluding carboxylic acids is 4. The monoisotopic (exact) mass is 721 g/mol. The van der Waals surface area contributed by atoms with Gasteiger partial charge >= 0.3 is 5.97 Å². The van der Waals surface area contributed by atoms with Crippen molar-refractivity contribution in [2.24, 2.45) is 0 Å². The third kappa shape index (κ3) is 8.94. The van der Waals surface area contributed by atoms with E-state index in [9.17, 15) is 19.2 Å². The Balaban J connectivity index is 1.74. The van der Waals surface area contributed by atoms with Crippen LogP contribution in [0, 0.1) is 5.41 Å². The maximum absolute atomic E-state index is 14.2. The number of ether oxygens (including phenoxy) is 3. The molecular weight excluding hydrogens is 674 g/mol. The average molecular weight is 722 g/mol. The molecule has 278 valence electrons. The molecule has 1 heterocycles. The molecule has 0 aliphatic carbocycles. The molecule has 4 aromatic carbocycles. The molecule has 1 unspecified atom stereocenters. The Morgan fingerprint density at radius 3 is 2.02 bits per heavy atom. The predicted octanol–water partition coefficient (Wildman–Crippen LogP) is 4.74. The molecule has 4 bridgehead atoms. The van der Waals surface area contributed by atoms with Crippen LogP contribution in [0.4, 0.5) is 0 Å². The SMILES string of the molecule is COC(=O)[C@@H]1CC=CCc2cc3ccccc3c(c2OC)-c2c(OC)c(cc3ccccc23)CC(NC(C)=O)C(=O)N[C@H](CCCNC(C)=N)C(=O)N1. The molecule has 0 radical (unpaired) electrons. The van der Waals surface area contributed by atoms with Gasteiger partial charge in [-0.1, -0.05) is 60.7 Å². The summed E-state index contributed by atoms with van der Waals surface area (Å²) in [5.74, 6) is -0.810. The summed E-state index contributed by atoms with van der Waals surface area (Å²) in [4.78, 5) is 53.5. The van der Waals surface area contributed by atoms with Gasteiger partial charge in [-0.25, -0.2) is 4.79 Å². The highest BCUT2D eigenvalue weighted by atomic mass is 16.5. The fourth-order valence-electron chi connectivity index (χ4n) is 6.91. The van der Waals surface area contributed by atoms with Crippen LogP contribution in [0.2, 0.25) is 0 Å². The van der Waals surface area contributed by atoms with Crippen LogP contribution in [0.1, 0.15) is 44.2 Å². The number of amides is 3. The zero-order valence-corrected chi connectivity index (χ0v) is 30.8. The molecule has 0 spiro atoms. The normalized spacial score (nSPS) is 17.9. The highest BCUT2D eigenvalue weighted by molar-refractivity contribution is 6.11. The number of rotatable bonds is 8. The van der Waals surface area contributed by atoms with Crippen molar-refractivity contribution in [3.05, 3.63) is 83.9 Å². The van der Waals surface area contributed by atoms with Crippen molar-refractivity contribution < 1.29 is 33.4 Å². The largest absolute Gasteiger partial charge is 0.496 e. The first-order valence-electron chi connectivity index (χ1n) is 17.6. The van der Waals surface area contributed by atoms with Crippen LogP contribution >= 0.6 is 0 Å². The van der Waals surface area contributed by atoms with Crippen LogP contribution in [-0.2, 0) is 36.8 Å². The van der Waals surface area contributed by atoms with Crippen LogP contribution in [-0.4, -0.2) is 75.5 Å². The van der Waals surface area contributed by atoms with E-state index in [-0.39, 0.29) is 25.1 Å². The van der Waals surface area contributed by atoms with Gasteiger partial charge in [0.05, 0.1) is 27.2 Å². The summed E-state index contributed by atoms with van der Waals surface area (Å²) in [5.41, 5.74) is 3.14. The Morgan fingerprint density at radius 2 is 1.43 bits per heavy atom. The average Bonchev–Trinajstić information content (AvgIpc) is 3.14. The lowest BCUT2D eigenvalue weighted by Crippen LogP contribution is -2.56. The first-order valence-corrected chi connectivity index (χ1v) is 17.6. The number of nitrogens with one attached hydrogen (secondary N) is 5. The zero-order chi connectivity index (χ0) is 38.1. The van der Waals surface area contributed by atoms with Gasteiger partial charge in [0.1, 0.15) is 29.6 Å². The van der Waals surface area contributed by atoms with Gasteiger partial charge in [0.25, 0.3) is 0 Å². The molecule has 0 fully saturated rings. The number of hydrogen-bond acceptors (Lipinski definition) is 8. The Bertz CT molecular complexity index is 2060. The van der Waals surface area contributed by atoms with Crippen LogP contribution in [0.3, 0.4) is 0 Å². The van der Waals surface area contributed by atoms with Crippen molar-refractivity contribution in [2.75, 3.05) is 27.9 Å². The van der Waals surface area contributed by atoms with E-state index in [4.69, 9.17) is 19.6 Å². The van der Waals surface area contributed by atoms with Gasteiger partial charge in [-0.05, 0) is 77.4 Å². The Hall–Kier alpha value is -5.91. The van der Waals surface area contributed by atoms with Gasteiger partial charge in [-0.15, -0.1) is 0 Å². The van der Waals surface area contributed by atoms with E-state index in [1.807, 2.05) is 66.7 Å². The van der Waals surface area contributed by atoms with Crippen molar-refractivity contribution in [2.45, 2.75) is 64.1 Å². The van der Waals surface area contributed by atoms with Gasteiger partial charge in [0.2, 0.25) is 17.7 Å². The zero-order valence-electron chi connectivity index (χ0n) is 30.8. The Labute approximate surface area is 309 Å². The summed E-state index contributed by atoms with van der Waals surface area (Å²) >= 11 is 0. The van der Waals surface area contributed by atoms with Crippen molar-refractivity contribution >= 4 is 51.1 Å². The van der Waals surface area contributed by atoms with E-state index in [2.05, 4.69) is 27.3 Å². The minimum Gasteiger partial charge on any atom is -0.496 e. The van der Waals surface area contributed by atoms with Crippen molar-refractivity contribution in [3.8, 4) is 22.6 Å². The number of amidine groups is 1. The van der Waals surface area contributed by atoms with Gasteiger partial charge in [0, 0.05) is 31.0 Å². The third-order valence-corrected chi connectivity index (χ3v) is 9.30. The first kappa shape index (κ1) is 38.3. The van der Waals surface area contributed by atoms with Crippen LogP contribution in [0.25, 0.3) is 32.7 Å². The van der Waals surface area contributed by atoms with Gasteiger partial charge in [0.15, 0.2) is 0 Å². The lowest BCUT2D eigenvalue weighted by atomic mass is 9.87. The van der Waals surface area contributed by atoms with Crippen LogP contribution < -0.4 is 30.7 Å². The standard InChI is InChI=1S/C41H47N5O7/c1-24(42)43-20-12-19-32-39(48)46-33(41(50)53-5)18-11-8-15-28-21-26-13-6-9-16-30(26)35(37(28)51-3)36-31-17-10-7-14-27(31)22-29(38(36)52-4)23-34(40(49)45-32)44-25(2)47/h6-11,13-14,16-17,21-22,32-34H,12,15,18-20,23H2,1-5H3,(H2,42,43)(H,44,47)(H,45,49)(H,46,48)/t32-,33+,34?/m1/s1. The molecule has 0 saturated carbocycles. The second-order valence-electron chi connectivity index (χ2n) is 13.0. The number of fused-ring (bicyclic) bond motifs is 9. The van der Waals surface area contributed by atoms with E-state index < -0.39 is 41.8 Å². The summed E-state index contributed by atoms with van der Waals surface area (Å²) in [6.07, 6.45) is 4.97. The second kappa shape index (κ2) is 17.5. The van der Waals surface area contributed by atoms with E-state index >= 15 is 0 Å². The molecule has 5 rings (SSSR count). The summed E-state index contributed by atoms with van der Waals surface area (Å²) in [6.45, 7) is 3.33. The molecule has 12 heteroatoms. The molecule has 5 N–H and O–H groups in total. The molecule has 53 heavy (non-hydrogen) atoms. The van der Waals surface area contributed by atoms with Crippen LogP contribution in [0.5, 0.6) is 11.5 Å². The van der Waals surface area contributed by atoms with Crippen molar-refractivity contribution in [1.82, 2.24) is 21.3 Å². The van der Waals surface area contributed by atoms with Gasteiger partial charge in [-0.3, -0.25) is 19.8 Å². The fraction of sp³-hybridized carbons (Fsp3) is 0.341. The van der Waals surface area contributed by atoms with Gasteiger partial charge < -0.3 is 35.5 Å². The van der Waals surface area contributed by atoms with E-state index in [1.165, 1.54) is 14.0 Å². The molecule has 0 saturated heterocycles. The lowest BCUT2D eigenvalue weighted by Gasteiger charge is -2.26. The number of methoxy groups -OCH3 is 3. The maximum Gasteiger partial charge on any atom is 0.328 e. The van der Waals surface area contributed by atoms with E-state index in [0.29, 0.717) is 36.4 Å². The third-order valence-electron chi connectivity index (χ3n) is 9.30. The molecule has 3 atom stereocenters. The number of hydrogen-bond donors (Lipinski definition) is 5. The molecule has 0 aromatic heterocycles.